The van der Waals surface area contributed by atoms with E-state index in [0.29, 0.717) is 0 Å². The Hall–Kier alpha value is -0.723. The van der Waals surface area contributed by atoms with E-state index in [1.54, 1.807) is 18.2 Å². The molecule has 1 aromatic rings. The minimum atomic E-state index is -4.62. The van der Waals surface area contributed by atoms with Gasteiger partial charge in [0.25, 0.3) is 7.60 Å². The summed E-state index contributed by atoms with van der Waals surface area (Å²) >= 11 is 0. The number of rotatable bonds is 3. The molecular weight excluding hydrogens is 214 g/mol. The van der Waals surface area contributed by atoms with Crippen molar-refractivity contribution in [3.63, 3.8) is 0 Å². The number of ether oxygens (including phenoxy) is 1. The molecule has 0 radical (unpaired) electrons. The Bertz CT molecular complexity index is 367. The molecule has 7 heteroatoms. The topological polar surface area (TPSA) is 75.7 Å². The second-order valence-electron chi connectivity index (χ2n) is 2.37. The van der Waals surface area contributed by atoms with E-state index in [2.05, 4.69) is 9.26 Å². The van der Waals surface area contributed by atoms with E-state index in [1.165, 1.54) is 12.1 Å². The van der Waals surface area contributed by atoms with Gasteiger partial charge in [-0.2, -0.15) is 0 Å². The van der Waals surface area contributed by atoms with Crippen LogP contribution in [0.5, 0.6) is 5.75 Å². The van der Waals surface area contributed by atoms with E-state index in [9.17, 15) is 14.3 Å². The second kappa shape index (κ2) is 5.99. The molecule has 0 amide bonds. The molecule has 0 aliphatic heterocycles. The molecule has 0 aliphatic carbocycles. The van der Waals surface area contributed by atoms with Gasteiger partial charge in [0.15, 0.2) is 0 Å². The van der Waals surface area contributed by atoms with Crippen LogP contribution in [0.3, 0.4) is 0 Å². The van der Waals surface area contributed by atoms with Gasteiger partial charge in [-0.05, 0) is 12.1 Å². The summed E-state index contributed by atoms with van der Waals surface area (Å²) in [6, 6.07) is 7.72. The number of methoxy groups -OCH3 is 1. The average molecular weight is 222 g/mol. The number of carbonyl (C=O) groups is 1. The Labute approximate surface area is 99.1 Å². The van der Waals surface area contributed by atoms with Crippen LogP contribution in [0, 0.1) is 0 Å². The number of hydrogen-bond acceptors (Lipinski definition) is 5. The van der Waals surface area contributed by atoms with Crippen molar-refractivity contribution in [2.24, 2.45) is 0 Å². The maximum Gasteiger partial charge on any atom is 1.00 e. The van der Waals surface area contributed by atoms with Crippen molar-refractivity contribution < 1.29 is 42.4 Å². The molecule has 0 bridgehead atoms. The monoisotopic (exact) mass is 222 g/mol. The molecule has 0 spiro atoms. The van der Waals surface area contributed by atoms with Gasteiger partial charge in [0.05, 0.1) is 7.11 Å². The normalized spacial score (nSPS) is 13.2. The van der Waals surface area contributed by atoms with Crippen LogP contribution < -0.4 is 28.3 Å². The van der Waals surface area contributed by atoms with Gasteiger partial charge < -0.3 is 14.2 Å². The summed E-state index contributed by atoms with van der Waals surface area (Å²) in [5.74, 6) is 0.0798. The van der Waals surface area contributed by atoms with Crippen molar-refractivity contribution in [3.8, 4) is 5.75 Å². The zero-order chi connectivity index (χ0) is 10.6. The van der Waals surface area contributed by atoms with Crippen molar-refractivity contribution in [1.82, 2.24) is 0 Å². The van der Waals surface area contributed by atoms with Crippen LogP contribution in [0.4, 0.5) is 4.79 Å². The van der Waals surface area contributed by atoms with Crippen molar-refractivity contribution in [2.45, 2.75) is 0 Å². The summed E-state index contributed by atoms with van der Waals surface area (Å²) in [5.41, 5.74) is -1.39. The summed E-state index contributed by atoms with van der Waals surface area (Å²) in [6.07, 6.45) is 0. The second-order valence-corrected chi connectivity index (χ2v) is 3.91. The summed E-state index contributed by atoms with van der Waals surface area (Å²) in [6.45, 7) is 0. The van der Waals surface area contributed by atoms with Gasteiger partial charge in [-0.3, -0.25) is 4.57 Å². The first-order valence-corrected chi connectivity index (χ1v) is 5.25. The molecule has 1 atom stereocenters. The minimum absolute atomic E-state index is 0. The number of hydrogen-bond donors (Lipinski definition) is 0. The third kappa shape index (κ3) is 4.11. The summed E-state index contributed by atoms with van der Waals surface area (Å²) in [4.78, 5) is 21.8. The number of benzene rings is 1. The van der Waals surface area contributed by atoms with Crippen molar-refractivity contribution in [3.05, 3.63) is 30.3 Å². The van der Waals surface area contributed by atoms with Crippen molar-refractivity contribution in [2.75, 3.05) is 7.11 Å². The van der Waals surface area contributed by atoms with E-state index >= 15 is 0 Å². The fraction of sp³-hybridized carbons (Fsp3) is 0.125. The number of para-hydroxylation sites is 1. The average Bonchev–Trinajstić information content (AvgIpc) is 2.17. The van der Waals surface area contributed by atoms with Crippen LogP contribution >= 0.6 is 7.60 Å². The van der Waals surface area contributed by atoms with Crippen LogP contribution in [-0.2, 0) is 9.30 Å². The first-order chi connectivity index (χ1) is 6.56. The Kier molecular flexibility index (Phi) is 5.70. The van der Waals surface area contributed by atoms with Gasteiger partial charge in [-0.1, -0.05) is 18.2 Å². The Balaban J connectivity index is 0.00000196. The summed E-state index contributed by atoms with van der Waals surface area (Å²) in [5, 5.41) is 0. The van der Waals surface area contributed by atoms with Gasteiger partial charge in [0, 0.05) is 0 Å². The summed E-state index contributed by atoms with van der Waals surface area (Å²) in [7, 11) is -3.64. The third-order valence-corrected chi connectivity index (χ3v) is 2.45. The Morgan fingerprint density at radius 1 is 1.33 bits per heavy atom. The molecule has 5 nitrogen and oxygen atoms in total. The fourth-order valence-electron chi connectivity index (χ4n) is 0.769. The molecule has 0 heterocycles. The molecule has 15 heavy (non-hydrogen) atoms. The largest absolute Gasteiger partial charge is 1.00 e. The number of carbonyl (C=O) groups excluding carboxylic acids is 1. The van der Waals surface area contributed by atoms with Gasteiger partial charge in [0.2, 0.25) is 0 Å². The van der Waals surface area contributed by atoms with Crippen LogP contribution in [0.25, 0.3) is 0 Å². The maximum atomic E-state index is 11.1. The van der Waals surface area contributed by atoms with Crippen molar-refractivity contribution >= 4 is 13.3 Å². The quantitative estimate of drug-likeness (QED) is 0.454. The Morgan fingerprint density at radius 2 is 1.87 bits per heavy atom. The van der Waals surface area contributed by atoms with Crippen LogP contribution in [0.1, 0.15) is 0 Å². The molecule has 0 N–H and O–H groups in total. The van der Waals surface area contributed by atoms with Crippen LogP contribution in [0.2, 0.25) is 0 Å². The van der Waals surface area contributed by atoms with Gasteiger partial charge in [-0.15, -0.1) is 0 Å². The van der Waals surface area contributed by atoms with Gasteiger partial charge >= 0.3 is 24.6 Å². The predicted molar refractivity (Wildman–Crippen MR) is 47.1 cm³/mol. The molecule has 0 saturated heterocycles. The van der Waals surface area contributed by atoms with Gasteiger partial charge in [0.1, 0.15) is 5.75 Å². The van der Waals surface area contributed by atoms with Gasteiger partial charge in [-0.25, -0.2) is 4.79 Å². The molecule has 1 rings (SSSR count). The molecule has 76 valence electrons. The molecular formula is C8H8LiO5P. The van der Waals surface area contributed by atoms with E-state index in [1.807, 2.05) is 0 Å². The first kappa shape index (κ1) is 14.3. The maximum absolute atomic E-state index is 11.1. The van der Waals surface area contributed by atoms with E-state index in [-0.39, 0.29) is 24.6 Å². The molecule has 0 aromatic heterocycles. The zero-order valence-corrected chi connectivity index (χ0v) is 9.27. The molecule has 0 aliphatic rings. The smallest absolute Gasteiger partial charge is 0.761 e. The Morgan fingerprint density at radius 3 is 2.33 bits per heavy atom. The van der Waals surface area contributed by atoms with Crippen LogP contribution in [-0.4, -0.2) is 12.8 Å². The van der Waals surface area contributed by atoms with Crippen LogP contribution in [0.15, 0.2) is 30.3 Å². The molecule has 0 fully saturated rings. The minimum Gasteiger partial charge on any atom is -0.761 e. The van der Waals surface area contributed by atoms with E-state index in [4.69, 9.17) is 0 Å². The standard InChI is InChI=1S/C8H9O5P.Li/c1-12-8(9)14(10,11)13-7-5-3-2-4-6-7;/h2-6H,1H3,(H,10,11);/q;+1/p-1. The van der Waals surface area contributed by atoms with E-state index in [0.717, 1.165) is 7.11 Å². The zero-order valence-electron chi connectivity index (χ0n) is 8.38. The first-order valence-electron chi connectivity index (χ1n) is 3.70. The molecule has 1 aromatic carbocycles. The third-order valence-electron chi connectivity index (χ3n) is 1.37. The predicted octanol–water partition coefficient (Wildman–Crippen LogP) is -1.61. The fourth-order valence-corrected chi connectivity index (χ4v) is 1.47. The molecule has 0 saturated carbocycles. The SMILES string of the molecule is COC(=O)P(=O)([O-])Oc1ccccc1.[Li+]. The van der Waals surface area contributed by atoms with Crippen molar-refractivity contribution in [1.29, 1.82) is 0 Å². The summed E-state index contributed by atoms with van der Waals surface area (Å²) < 4.78 is 19.6. The van der Waals surface area contributed by atoms with E-state index < -0.39 is 13.3 Å². The molecule has 1 unspecified atom stereocenters.